The van der Waals surface area contributed by atoms with Crippen LogP contribution < -0.4 is 0 Å². The fourth-order valence-corrected chi connectivity index (χ4v) is 3.43. The van der Waals surface area contributed by atoms with Gasteiger partial charge < -0.3 is 5.11 Å². The van der Waals surface area contributed by atoms with Gasteiger partial charge in [-0.3, -0.25) is 9.69 Å². The molecule has 0 saturated carbocycles. The Bertz CT molecular complexity index is 531. The lowest BCUT2D eigenvalue weighted by molar-refractivity contribution is -0.130. The predicted molar refractivity (Wildman–Crippen MR) is 73.2 cm³/mol. The molecular weight excluding hydrogens is 256 g/mol. The van der Waals surface area contributed by atoms with E-state index in [9.17, 15) is 9.59 Å². The summed E-state index contributed by atoms with van der Waals surface area (Å²) in [6.07, 6.45) is -0.242. The monoisotopic (exact) mass is 274 g/mol. The van der Waals surface area contributed by atoms with Crippen molar-refractivity contribution in [1.82, 2.24) is 9.80 Å². The van der Waals surface area contributed by atoms with Crippen LogP contribution in [0.3, 0.4) is 0 Å². The fraction of sp³-hybridized carbons (Fsp3) is 0.467. The Morgan fingerprint density at radius 1 is 1.35 bits per heavy atom. The number of hydrogen-bond acceptors (Lipinski definition) is 3. The quantitative estimate of drug-likeness (QED) is 0.895. The van der Waals surface area contributed by atoms with E-state index < -0.39 is 6.09 Å². The first-order valence-corrected chi connectivity index (χ1v) is 6.94. The lowest BCUT2D eigenvalue weighted by atomic mass is 10.0. The number of fused-ring (bicyclic) bond motifs is 1. The lowest BCUT2D eigenvalue weighted by Gasteiger charge is -2.29. The second kappa shape index (κ2) is 4.90. The highest BCUT2D eigenvalue weighted by molar-refractivity contribution is 5.96. The minimum absolute atomic E-state index is 0.129. The molecule has 1 aromatic carbocycles. The maximum absolute atomic E-state index is 12.3. The first kappa shape index (κ1) is 13.1. The highest BCUT2D eigenvalue weighted by Gasteiger charge is 2.50. The number of carboxylic acid groups (broad SMARTS) is 1. The van der Waals surface area contributed by atoms with Crippen molar-refractivity contribution in [2.24, 2.45) is 5.92 Å². The molecule has 1 aromatic rings. The van der Waals surface area contributed by atoms with Crippen LogP contribution in [0.2, 0.25) is 0 Å². The molecule has 2 saturated heterocycles. The van der Waals surface area contributed by atoms with Crippen LogP contribution in [0, 0.1) is 5.92 Å². The number of benzene rings is 1. The summed E-state index contributed by atoms with van der Waals surface area (Å²) in [4.78, 5) is 26.5. The largest absolute Gasteiger partial charge is 0.465 e. The number of imide groups is 1. The third-order valence-electron chi connectivity index (χ3n) is 4.51. The van der Waals surface area contributed by atoms with Gasteiger partial charge in [0.2, 0.25) is 5.91 Å². The average molecular weight is 274 g/mol. The van der Waals surface area contributed by atoms with E-state index in [0.717, 1.165) is 23.4 Å². The van der Waals surface area contributed by atoms with Gasteiger partial charge in [-0.05, 0) is 25.5 Å². The van der Waals surface area contributed by atoms with Crippen LogP contribution in [0.4, 0.5) is 4.79 Å². The molecule has 3 rings (SSSR count). The summed E-state index contributed by atoms with van der Waals surface area (Å²) >= 11 is 0. The molecule has 0 radical (unpaired) electrons. The first-order chi connectivity index (χ1) is 9.59. The lowest BCUT2D eigenvalue weighted by Crippen LogP contribution is -2.42. The van der Waals surface area contributed by atoms with Crippen molar-refractivity contribution in [3.63, 3.8) is 0 Å². The van der Waals surface area contributed by atoms with Crippen LogP contribution >= 0.6 is 0 Å². The molecule has 2 aliphatic rings. The minimum atomic E-state index is -1.13. The van der Waals surface area contributed by atoms with E-state index in [1.165, 1.54) is 0 Å². The van der Waals surface area contributed by atoms with Crippen LogP contribution in [0.25, 0.3) is 0 Å². The Hall–Kier alpha value is -1.88. The van der Waals surface area contributed by atoms with Gasteiger partial charge in [-0.2, -0.15) is 0 Å². The van der Waals surface area contributed by atoms with E-state index in [0.29, 0.717) is 6.54 Å². The van der Waals surface area contributed by atoms with E-state index in [1.54, 1.807) is 0 Å². The van der Waals surface area contributed by atoms with E-state index >= 15 is 0 Å². The Kier molecular flexibility index (Phi) is 3.22. The zero-order valence-corrected chi connectivity index (χ0v) is 11.4. The molecule has 0 bridgehead atoms. The zero-order chi connectivity index (χ0) is 14.3. The van der Waals surface area contributed by atoms with E-state index in [1.807, 2.05) is 30.3 Å². The number of likely N-dealkylation sites (tertiary alicyclic amines) is 2. The Labute approximate surface area is 117 Å². The third kappa shape index (κ3) is 1.98. The summed E-state index contributed by atoms with van der Waals surface area (Å²) in [5.74, 6) is -0.118. The molecule has 5 nitrogen and oxygen atoms in total. The van der Waals surface area contributed by atoms with Crippen molar-refractivity contribution in [2.75, 3.05) is 13.1 Å². The molecule has 20 heavy (non-hydrogen) atoms. The average Bonchev–Trinajstić information content (AvgIpc) is 3.00. The smallest absolute Gasteiger partial charge is 0.414 e. The molecular formula is C15H18N2O3. The van der Waals surface area contributed by atoms with Gasteiger partial charge in [0.25, 0.3) is 0 Å². The summed E-state index contributed by atoms with van der Waals surface area (Å²) in [6.45, 7) is 3.27. The van der Waals surface area contributed by atoms with Gasteiger partial charge >= 0.3 is 6.09 Å². The number of carbonyl (C=O) groups excluding carboxylic acids is 1. The number of nitrogens with zero attached hydrogens (tertiary/aromatic N) is 2. The maximum atomic E-state index is 12.3. The van der Waals surface area contributed by atoms with Gasteiger partial charge in [0.15, 0.2) is 0 Å². The topological polar surface area (TPSA) is 60.9 Å². The predicted octanol–water partition coefficient (Wildman–Crippen LogP) is 1.96. The van der Waals surface area contributed by atoms with Gasteiger partial charge in [0, 0.05) is 18.5 Å². The van der Waals surface area contributed by atoms with Crippen LogP contribution in [0.1, 0.15) is 24.9 Å². The van der Waals surface area contributed by atoms with Gasteiger partial charge in [-0.25, -0.2) is 9.69 Å². The van der Waals surface area contributed by atoms with Gasteiger partial charge in [0.1, 0.15) is 0 Å². The second-order valence-electron chi connectivity index (χ2n) is 5.55. The van der Waals surface area contributed by atoms with Crippen molar-refractivity contribution in [2.45, 2.75) is 25.4 Å². The molecule has 2 heterocycles. The summed E-state index contributed by atoms with van der Waals surface area (Å²) in [5.41, 5.74) is 1.16. The SMILES string of the molecule is C[C@@H](c1ccccc1)N1CC[C@H]2CN(C(=O)O)C(=O)[C@H]21. The molecule has 1 N–H and O–H groups in total. The molecule has 2 amide bonds. The molecule has 0 unspecified atom stereocenters. The second-order valence-corrected chi connectivity index (χ2v) is 5.55. The highest BCUT2D eigenvalue weighted by Crippen LogP contribution is 2.37. The van der Waals surface area contributed by atoms with Crippen molar-refractivity contribution in [1.29, 1.82) is 0 Å². The summed E-state index contributed by atoms with van der Waals surface area (Å²) in [6, 6.07) is 9.89. The highest BCUT2D eigenvalue weighted by atomic mass is 16.4. The summed E-state index contributed by atoms with van der Waals surface area (Å²) in [5, 5.41) is 9.07. The first-order valence-electron chi connectivity index (χ1n) is 6.94. The van der Waals surface area contributed by atoms with E-state index in [-0.39, 0.29) is 23.9 Å². The van der Waals surface area contributed by atoms with Gasteiger partial charge in [-0.15, -0.1) is 0 Å². The van der Waals surface area contributed by atoms with Crippen molar-refractivity contribution >= 4 is 12.0 Å². The van der Waals surface area contributed by atoms with Crippen LogP contribution in [0.15, 0.2) is 30.3 Å². The maximum Gasteiger partial charge on any atom is 0.414 e. The number of amides is 2. The van der Waals surface area contributed by atoms with Crippen molar-refractivity contribution in [3.05, 3.63) is 35.9 Å². The van der Waals surface area contributed by atoms with Crippen LogP contribution in [0.5, 0.6) is 0 Å². The zero-order valence-electron chi connectivity index (χ0n) is 11.4. The molecule has 5 heteroatoms. The number of carbonyl (C=O) groups is 2. The molecule has 2 fully saturated rings. The minimum Gasteiger partial charge on any atom is -0.465 e. The molecule has 2 aliphatic heterocycles. The van der Waals surface area contributed by atoms with E-state index in [2.05, 4.69) is 11.8 Å². The fourth-order valence-electron chi connectivity index (χ4n) is 3.43. The Morgan fingerprint density at radius 3 is 2.70 bits per heavy atom. The molecule has 0 aromatic heterocycles. The third-order valence-corrected chi connectivity index (χ3v) is 4.51. The Morgan fingerprint density at radius 2 is 2.05 bits per heavy atom. The molecule has 0 aliphatic carbocycles. The standard InChI is InChI=1S/C15H18N2O3/c1-10(11-5-3-2-4-6-11)16-8-7-12-9-17(15(19)20)14(18)13(12)16/h2-6,10,12-13H,7-9H2,1H3,(H,19,20)/t10-,12-,13-/m0/s1. The van der Waals surface area contributed by atoms with Crippen LogP contribution in [-0.4, -0.2) is 46.0 Å². The van der Waals surface area contributed by atoms with Gasteiger partial charge in [-0.1, -0.05) is 30.3 Å². The number of rotatable bonds is 2. The van der Waals surface area contributed by atoms with Crippen molar-refractivity contribution < 1.29 is 14.7 Å². The molecule has 3 atom stereocenters. The van der Waals surface area contributed by atoms with E-state index in [4.69, 9.17) is 5.11 Å². The molecule has 0 spiro atoms. The van der Waals surface area contributed by atoms with Gasteiger partial charge in [0.05, 0.1) is 6.04 Å². The number of hydrogen-bond donors (Lipinski definition) is 1. The molecule has 106 valence electrons. The van der Waals surface area contributed by atoms with Crippen LogP contribution in [-0.2, 0) is 4.79 Å². The summed E-state index contributed by atoms with van der Waals surface area (Å²) in [7, 11) is 0. The summed E-state index contributed by atoms with van der Waals surface area (Å²) < 4.78 is 0. The van der Waals surface area contributed by atoms with Crippen molar-refractivity contribution in [3.8, 4) is 0 Å². The Balaban J connectivity index is 1.83. The normalized spacial score (nSPS) is 27.6.